The molecule has 1 fully saturated rings. The molecule has 3 nitrogen and oxygen atoms in total. The van der Waals surface area contributed by atoms with E-state index in [2.05, 4.69) is 0 Å². The number of hydrogen-bond donors (Lipinski definition) is 0. The van der Waals surface area contributed by atoms with Gasteiger partial charge in [0.15, 0.2) is 0 Å². The molecule has 43 valence electrons. The normalized spacial score (nSPS) is 27.6. The molecule has 1 aliphatic heterocycles. The second-order valence-electron chi connectivity index (χ2n) is 1.55. The van der Waals surface area contributed by atoms with Crippen molar-refractivity contribution in [2.75, 3.05) is 6.61 Å². The average Bonchev–Trinajstić information content (AvgIpc) is 2.19. The molecule has 0 aliphatic carbocycles. The van der Waals surface area contributed by atoms with Crippen molar-refractivity contribution in [1.29, 1.82) is 5.26 Å². The maximum atomic E-state index is 8.13. The van der Waals surface area contributed by atoms with Crippen LogP contribution in [0.3, 0.4) is 0 Å². The van der Waals surface area contributed by atoms with Gasteiger partial charge in [0, 0.05) is 0 Å². The summed E-state index contributed by atoms with van der Waals surface area (Å²) >= 11 is 0. The Kier molecular flexibility index (Phi) is 1.84. The minimum absolute atomic E-state index is 0.0278. The highest BCUT2D eigenvalue weighted by Gasteiger charge is 2.15. The zero-order valence-corrected chi connectivity index (χ0v) is 4.33. The first kappa shape index (κ1) is 5.54. The zero-order chi connectivity index (χ0) is 5.82. The molecule has 1 radical (unpaired) electrons. The molecule has 0 aromatic rings. The first-order chi connectivity index (χ1) is 3.93. The Bertz CT molecular complexity index is 101. The highest BCUT2D eigenvalue weighted by molar-refractivity contribution is 4.78. The van der Waals surface area contributed by atoms with E-state index in [1.807, 2.05) is 6.07 Å². The molecular weight excluding hydrogens is 106 g/mol. The molecule has 0 amide bonds. The van der Waals surface area contributed by atoms with Crippen molar-refractivity contribution < 1.29 is 9.47 Å². The van der Waals surface area contributed by atoms with Crippen LogP contribution in [0.4, 0.5) is 0 Å². The lowest BCUT2D eigenvalue weighted by Gasteiger charge is -1.96. The highest BCUT2D eigenvalue weighted by atomic mass is 16.7. The Hall–Kier alpha value is -0.590. The number of rotatable bonds is 1. The van der Waals surface area contributed by atoms with Crippen LogP contribution < -0.4 is 0 Å². The zero-order valence-electron chi connectivity index (χ0n) is 4.33. The summed E-state index contributed by atoms with van der Waals surface area (Å²) < 4.78 is 9.53. The Morgan fingerprint density at radius 1 is 1.88 bits per heavy atom. The largest absolute Gasteiger partial charge is 0.345 e. The summed E-state index contributed by atoms with van der Waals surface area (Å²) in [4.78, 5) is 0. The van der Waals surface area contributed by atoms with Gasteiger partial charge in [0.2, 0.25) is 6.79 Å². The van der Waals surface area contributed by atoms with Crippen LogP contribution in [0, 0.1) is 18.1 Å². The van der Waals surface area contributed by atoms with Gasteiger partial charge in [-0.05, 0) is 0 Å². The van der Waals surface area contributed by atoms with E-state index in [9.17, 15) is 0 Å². The van der Waals surface area contributed by atoms with Crippen LogP contribution in [-0.2, 0) is 9.47 Å². The van der Waals surface area contributed by atoms with Gasteiger partial charge in [-0.15, -0.1) is 0 Å². The average molecular weight is 112 g/mol. The van der Waals surface area contributed by atoms with Crippen molar-refractivity contribution in [3.05, 3.63) is 6.79 Å². The molecule has 1 saturated heterocycles. The van der Waals surface area contributed by atoms with Gasteiger partial charge in [-0.25, -0.2) is 0 Å². The fourth-order valence-corrected chi connectivity index (χ4v) is 0.513. The van der Waals surface area contributed by atoms with Gasteiger partial charge in [-0.2, -0.15) is 5.26 Å². The van der Waals surface area contributed by atoms with E-state index in [4.69, 9.17) is 14.7 Å². The fraction of sp³-hybridized carbons (Fsp3) is 0.600. The van der Waals surface area contributed by atoms with Gasteiger partial charge in [0.25, 0.3) is 0 Å². The highest BCUT2D eigenvalue weighted by Crippen LogP contribution is 2.08. The summed E-state index contributed by atoms with van der Waals surface area (Å²) in [6.45, 7) is 1.80. The van der Waals surface area contributed by atoms with E-state index in [-0.39, 0.29) is 6.10 Å². The van der Waals surface area contributed by atoms with E-state index in [1.165, 1.54) is 6.79 Å². The second kappa shape index (κ2) is 2.65. The number of nitriles is 1. The molecule has 0 N–H and O–H groups in total. The van der Waals surface area contributed by atoms with E-state index >= 15 is 0 Å². The number of hydrogen-bond acceptors (Lipinski definition) is 3. The minimum Gasteiger partial charge on any atom is -0.345 e. The van der Waals surface area contributed by atoms with Crippen molar-refractivity contribution in [3.8, 4) is 6.07 Å². The van der Waals surface area contributed by atoms with E-state index in [0.29, 0.717) is 13.0 Å². The van der Waals surface area contributed by atoms with E-state index in [0.717, 1.165) is 0 Å². The molecule has 0 aromatic carbocycles. The fourth-order valence-electron chi connectivity index (χ4n) is 0.513. The summed E-state index contributed by atoms with van der Waals surface area (Å²) in [5.41, 5.74) is 0. The van der Waals surface area contributed by atoms with Crippen LogP contribution in [0.2, 0.25) is 0 Å². The molecule has 1 aliphatic rings. The SMILES string of the molecule is N#CCC1CO[CH]O1. The van der Waals surface area contributed by atoms with Crippen molar-refractivity contribution in [2.24, 2.45) is 0 Å². The lowest BCUT2D eigenvalue weighted by atomic mass is 10.3. The number of ether oxygens (including phenoxy) is 2. The maximum absolute atomic E-state index is 8.13. The van der Waals surface area contributed by atoms with Crippen molar-refractivity contribution in [2.45, 2.75) is 12.5 Å². The third-order valence-electron chi connectivity index (χ3n) is 0.917. The van der Waals surface area contributed by atoms with Crippen LogP contribution in [0.5, 0.6) is 0 Å². The Morgan fingerprint density at radius 2 is 2.75 bits per heavy atom. The van der Waals surface area contributed by atoms with E-state index in [1.54, 1.807) is 0 Å². The van der Waals surface area contributed by atoms with Crippen LogP contribution in [0.15, 0.2) is 0 Å². The molecular formula is C5H6NO2. The smallest absolute Gasteiger partial charge is 0.209 e. The lowest BCUT2D eigenvalue weighted by molar-refractivity contribution is 0.130. The van der Waals surface area contributed by atoms with Gasteiger partial charge in [0.1, 0.15) is 0 Å². The van der Waals surface area contributed by atoms with Gasteiger partial charge in [-0.1, -0.05) is 0 Å². The quantitative estimate of drug-likeness (QED) is 0.494. The van der Waals surface area contributed by atoms with Crippen LogP contribution in [0.25, 0.3) is 0 Å². The summed E-state index contributed by atoms with van der Waals surface area (Å²) in [6.07, 6.45) is 0.385. The molecule has 0 bridgehead atoms. The molecule has 0 saturated carbocycles. The number of nitrogens with zero attached hydrogens (tertiary/aromatic N) is 1. The molecule has 1 unspecified atom stereocenters. The Morgan fingerprint density at radius 3 is 3.25 bits per heavy atom. The molecule has 0 spiro atoms. The predicted molar refractivity (Wildman–Crippen MR) is 25.4 cm³/mol. The molecule has 3 heteroatoms. The monoisotopic (exact) mass is 112 g/mol. The van der Waals surface area contributed by atoms with Gasteiger partial charge >= 0.3 is 0 Å². The topological polar surface area (TPSA) is 42.2 Å². The van der Waals surface area contributed by atoms with Crippen molar-refractivity contribution >= 4 is 0 Å². The van der Waals surface area contributed by atoms with Gasteiger partial charge < -0.3 is 9.47 Å². The van der Waals surface area contributed by atoms with Crippen LogP contribution >= 0.6 is 0 Å². The van der Waals surface area contributed by atoms with Crippen molar-refractivity contribution in [3.63, 3.8) is 0 Å². The first-order valence-corrected chi connectivity index (χ1v) is 2.39. The third kappa shape index (κ3) is 1.19. The molecule has 8 heavy (non-hydrogen) atoms. The molecule has 1 heterocycles. The summed E-state index contributed by atoms with van der Waals surface area (Å²) in [6, 6.07) is 1.98. The minimum atomic E-state index is -0.0278. The third-order valence-corrected chi connectivity index (χ3v) is 0.917. The standard InChI is InChI=1S/C5H6NO2/c6-2-1-5-3-7-4-8-5/h4-5H,1,3H2. The summed E-state index contributed by atoms with van der Waals surface area (Å²) in [5, 5.41) is 8.13. The predicted octanol–water partition coefficient (Wildman–Crippen LogP) is 0.435. The molecule has 0 aromatic heterocycles. The lowest BCUT2D eigenvalue weighted by Crippen LogP contribution is -2.06. The molecule has 1 atom stereocenters. The van der Waals surface area contributed by atoms with Gasteiger partial charge in [-0.3, -0.25) is 0 Å². The van der Waals surface area contributed by atoms with Crippen LogP contribution in [0.1, 0.15) is 6.42 Å². The maximum Gasteiger partial charge on any atom is 0.209 e. The van der Waals surface area contributed by atoms with E-state index < -0.39 is 0 Å². The summed E-state index contributed by atoms with van der Waals surface area (Å²) in [5.74, 6) is 0. The molecule has 1 rings (SSSR count). The first-order valence-electron chi connectivity index (χ1n) is 2.39. The Balaban J connectivity index is 2.17. The second-order valence-corrected chi connectivity index (χ2v) is 1.55. The van der Waals surface area contributed by atoms with Crippen molar-refractivity contribution in [1.82, 2.24) is 0 Å². The Labute approximate surface area is 47.8 Å². The summed E-state index contributed by atoms with van der Waals surface area (Å²) in [7, 11) is 0. The van der Waals surface area contributed by atoms with Crippen LogP contribution in [-0.4, -0.2) is 12.7 Å². The van der Waals surface area contributed by atoms with Gasteiger partial charge in [0.05, 0.1) is 25.2 Å².